The van der Waals surface area contributed by atoms with Crippen molar-refractivity contribution >= 4 is 17.0 Å². The quantitative estimate of drug-likeness (QED) is 0.466. The maximum atomic E-state index is 15.0. The molecule has 0 atom stereocenters. The molecule has 2 aromatic carbocycles. The highest BCUT2D eigenvalue weighted by Crippen LogP contribution is 2.39. The van der Waals surface area contributed by atoms with Crippen molar-refractivity contribution in [1.82, 2.24) is 4.98 Å². The van der Waals surface area contributed by atoms with Crippen molar-refractivity contribution in [1.29, 1.82) is 0 Å². The molecule has 1 aliphatic rings. The molecule has 31 heavy (non-hydrogen) atoms. The monoisotopic (exact) mass is 425 g/mol. The first-order valence-electron chi connectivity index (χ1n) is 9.85. The van der Waals surface area contributed by atoms with Gasteiger partial charge in [-0.1, -0.05) is 17.7 Å². The van der Waals surface area contributed by atoms with Crippen LogP contribution in [0.15, 0.2) is 42.1 Å². The van der Waals surface area contributed by atoms with Gasteiger partial charge in [0, 0.05) is 37.4 Å². The van der Waals surface area contributed by atoms with E-state index in [1.165, 1.54) is 14.2 Å². The van der Waals surface area contributed by atoms with Crippen LogP contribution in [0.4, 0.5) is 4.39 Å². The van der Waals surface area contributed by atoms with Crippen molar-refractivity contribution in [2.24, 2.45) is 0 Å². The molecule has 0 spiro atoms. The van der Waals surface area contributed by atoms with Gasteiger partial charge >= 0.3 is 0 Å². The van der Waals surface area contributed by atoms with Crippen LogP contribution in [0.1, 0.15) is 18.1 Å². The fourth-order valence-electron chi connectivity index (χ4n) is 3.60. The Bertz CT molecular complexity index is 1140. The zero-order valence-electron chi connectivity index (χ0n) is 17.9. The van der Waals surface area contributed by atoms with Gasteiger partial charge in [-0.05, 0) is 37.1 Å². The van der Waals surface area contributed by atoms with E-state index in [0.717, 1.165) is 17.6 Å². The standard InChI is InChI=1S/C24H24FNO5/c1-14-9-15-5-6-20(24(25)16(15)10-14)31-19-7-8-26-18-12-22(21(27-2)11-17(18)19)30-13-23(28-3)29-4/h5-8,10-12,23H,9,13H2,1-4H3. The summed E-state index contributed by atoms with van der Waals surface area (Å²) in [6, 6.07) is 8.77. The predicted octanol–water partition coefficient (Wildman–Crippen LogP) is 5.13. The molecule has 6 nitrogen and oxygen atoms in total. The highest BCUT2D eigenvalue weighted by atomic mass is 19.1. The molecule has 1 heterocycles. The number of pyridine rings is 1. The molecule has 3 aromatic rings. The molecule has 1 aromatic heterocycles. The van der Waals surface area contributed by atoms with E-state index >= 15 is 4.39 Å². The van der Waals surface area contributed by atoms with E-state index in [1.807, 2.05) is 19.1 Å². The Morgan fingerprint density at radius 2 is 1.81 bits per heavy atom. The van der Waals surface area contributed by atoms with Gasteiger partial charge in [0.15, 0.2) is 29.4 Å². The molecule has 162 valence electrons. The third-order valence-corrected chi connectivity index (χ3v) is 5.20. The minimum Gasteiger partial charge on any atom is -0.493 e. The summed E-state index contributed by atoms with van der Waals surface area (Å²) in [5.74, 6) is 1.25. The van der Waals surface area contributed by atoms with Crippen LogP contribution in [-0.4, -0.2) is 39.2 Å². The Kier molecular flexibility index (Phi) is 6.06. The Hall–Kier alpha value is -3.16. The highest BCUT2D eigenvalue weighted by molar-refractivity contribution is 5.88. The van der Waals surface area contributed by atoms with Crippen LogP contribution in [0.3, 0.4) is 0 Å². The average Bonchev–Trinajstić information content (AvgIpc) is 3.17. The van der Waals surface area contributed by atoms with Gasteiger partial charge in [-0.15, -0.1) is 0 Å². The lowest BCUT2D eigenvalue weighted by Gasteiger charge is -2.17. The number of nitrogens with zero attached hydrogens (tertiary/aromatic N) is 1. The van der Waals surface area contributed by atoms with Gasteiger partial charge in [0.2, 0.25) is 0 Å². The van der Waals surface area contributed by atoms with E-state index in [1.54, 1.807) is 37.6 Å². The largest absolute Gasteiger partial charge is 0.493 e. The van der Waals surface area contributed by atoms with E-state index in [-0.39, 0.29) is 18.2 Å². The number of halogens is 1. The number of aromatic nitrogens is 1. The Morgan fingerprint density at radius 1 is 1.00 bits per heavy atom. The molecule has 0 fully saturated rings. The van der Waals surface area contributed by atoms with Gasteiger partial charge in [0.05, 0.1) is 12.6 Å². The molecule has 0 saturated heterocycles. The van der Waals surface area contributed by atoms with Crippen LogP contribution in [0.5, 0.6) is 23.0 Å². The van der Waals surface area contributed by atoms with Gasteiger partial charge < -0.3 is 23.7 Å². The first kappa shape index (κ1) is 21.1. The number of methoxy groups -OCH3 is 3. The zero-order chi connectivity index (χ0) is 22.0. The van der Waals surface area contributed by atoms with Crippen molar-refractivity contribution < 1.29 is 28.1 Å². The molecular formula is C24H24FNO5. The van der Waals surface area contributed by atoms with Crippen molar-refractivity contribution in [2.45, 2.75) is 19.6 Å². The number of benzene rings is 2. The number of hydrogen-bond acceptors (Lipinski definition) is 6. The molecule has 0 aliphatic heterocycles. The van der Waals surface area contributed by atoms with E-state index in [4.69, 9.17) is 23.7 Å². The molecule has 0 N–H and O–H groups in total. The Morgan fingerprint density at radius 3 is 2.55 bits per heavy atom. The fourth-order valence-corrected chi connectivity index (χ4v) is 3.60. The van der Waals surface area contributed by atoms with E-state index in [0.29, 0.717) is 33.7 Å². The molecular weight excluding hydrogens is 401 g/mol. The fraction of sp³-hybridized carbons (Fsp3) is 0.292. The van der Waals surface area contributed by atoms with Crippen LogP contribution in [0, 0.1) is 5.82 Å². The SMILES string of the molecule is COc1cc2c(Oc3ccc4c(c3F)C=C(C)C4)ccnc2cc1OCC(OC)OC. The van der Waals surface area contributed by atoms with Crippen molar-refractivity contribution in [2.75, 3.05) is 27.9 Å². The topological polar surface area (TPSA) is 59.0 Å². The van der Waals surface area contributed by atoms with Gasteiger partial charge in [-0.2, -0.15) is 0 Å². The first-order valence-corrected chi connectivity index (χ1v) is 9.85. The second-order valence-electron chi connectivity index (χ2n) is 7.26. The van der Waals surface area contributed by atoms with Crippen molar-refractivity contribution in [3.8, 4) is 23.0 Å². The maximum Gasteiger partial charge on any atom is 0.191 e. The van der Waals surface area contributed by atoms with Crippen LogP contribution in [-0.2, 0) is 15.9 Å². The molecule has 0 bridgehead atoms. The van der Waals surface area contributed by atoms with Crippen LogP contribution in [0.2, 0.25) is 0 Å². The summed E-state index contributed by atoms with van der Waals surface area (Å²) >= 11 is 0. The van der Waals surface area contributed by atoms with Gasteiger partial charge in [0.25, 0.3) is 0 Å². The van der Waals surface area contributed by atoms with Crippen LogP contribution in [0.25, 0.3) is 17.0 Å². The number of rotatable bonds is 8. The average molecular weight is 425 g/mol. The summed E-state index contributed by atoms with van der Waals surface area (Å²) in [6.07, 6.45) is 3.72. The van der Waals surface area contributed by atoms with E-state index in [9.17, 15) is 0 Å². The maximum absolute atomic E-state index is 15.0. The lowest BCUT2D eigenvalue weighted by Crippen LogP contribution is -2.22. The summed E-state index contributed by atoms with van der Waals surface area (Å²) in [5.41, 5.74) is 3.31. The first-order chi connectivity index (χ1) is 15.0. The normalized spacial score (nSPS) is 12.8. The summed E-state index contributed by atoms with van der Waals surface area (Å²) in [4.78, 5) is 4.40. The Labute approximate surface area is 180 Å². The molecule has 0 amide bonds. The third kappa shape index (κ3) is 4.19. The number of fused-ring (bicyclic) bond motifs is 2. The predicted molar refractivity (Wildman–Crippen MR) is 115 cm³/mol. The van der Waals surface area contributed by atoms with Gasteiger partial charge in [-0.25, -0.2) is 4.39 Å². The minimum atomic E-state index is -0.511. The molecule has 0 radical (unpaired) electrons. The van der Waals surface area contributed by atoms with Gasteiger partial charge in [-0.3, -0.25) is 4.98 Å². The summed E-state index contributed by atoms with van der Waals surface area (Å²) in [5, 5.41) is 0.674. The van der Waals surface area contributed by atoms with Crippen LogP contribution < -0.4 is 14.2 Å². The van der Waals surface area contributed by atoms with Crippen molar-refractivity contribution in [3.63, 3.8) is 0 Å². The molecule has 0 unspecified atom stereocenters. The smallest absolute Gasteiger partial charge is 0.191 e. The van der Waals surface area contributed by atoms with Gasteiger partial charge in [0.1, 0.15) is 12.4 Å². The van der Waals surface area contributed by atoms with Crippen molar-refractivity contribution in [3.05, 3.63) is 59.0 Å². The minimum absolute atomic E-state index is 0.166. The molecule has 7 heteroatoms. The third-order valence-electron chi connectivity index (χ3n) is 5.20. The summed E-state index contributed by atoms with van der Waals surface area (Å²) in [7, 11) is 4.62. The number of allylic oxidation sites excluding steroid dienone is 1. The molecule has 4 rings (SSSR count). The lowest BCUT2D eigenvalue weighted by molar-refractivity contribution is -0.122. The molecule has 0 saturated carbocycles. The number of hydrogen-bond donors (Lipinski definition) is 0. The molecule has 1 aliphatic carbocycles. The van der Waals surface area contributed by atoms with Crippen LogP contribution >= 0.6 is 0 Å². The van der Waals surface area contributed by atoms with E-state index in [2.05, 4.69) is 4.98 Å². The Balaban J connectivity index is 1.68. The summed E-state index contributed by atoms with van der Waals surface area (Å²) < 4.78 is 42.6. The van der Waals surface area contributed by atoms with E-state index < -0.39 is 6.29 Å². The highest BCUT2D eigenvalue weighted by Gasteiger charge is 2.19. The summed E-state index contributed by atoms with van der Waals surface area (Å²) in [6.45, 7) is 2.17. The second kappa shape index (κ2) is 8.91. The zero-order valence-corrected chi connectivity index (χ0v) is 17.9. The lowest BCUT2D eigenvalue weighted by atomic mass is 10.1. The number of ether oxygens (including phenoxy) is 5. The second-order valence-corrected chi connectivity index (χ2v) is 7.26.